The quantitative estimate of drug-likeness (QED) is 0.915. The largest absolute Gasteiger partial charge is 0.315 e. The van der Waals surface area contributed by atoms with Crippen LogP contribution in [0, 0.1) is 6.92 Å². The monoisotopic (exact) mass is 275 g/mol. The summed E-state index contributed by atoms with van der Waals surface area (Å²) in [5, 5.41) is 3.54. The molecule has 3 heteroatoms. The Hall–Kier alpha value is -0.930. The van der Waals surface area contributed by atoms with Crippen molar-refractivity contribution in [1.29, 1.82) is 0 Å². The zero-order chi connectivity index (χ0) is 14.4. The third kappa shape index (κ3) is 4.29. The van der Waals surface area contributed by atoms with Crippen LogP contribution in [0.4, 0.5) is 0 Å². The van der Waals surface area contributed by atoms with Crippen molar-refractivity contribution in [2.24, 2.45) is 0 Å². The highest BCUT2D eigenvalue weighted by molar-refractivity contribution is 5.10. The van der Waals surface area contributed by atoms with Gasteiger partial charge < -0.3 is 5.32 Å². The van der Waals surface area contributed by atoms with Crippen LogP contribution in [0.25, 0.3) is 0 Å². The van der Waals surface area contributed by atoms with Gasteiger partial charge in [-0.2, -0.15) is 0 Å². The highest BCUT2D eigenvalue weighted by Gasteiger charge is 2.25. The van der Waals surface area contributed by atoms with Gasteiger partial charge in [-0.05, 0) is 46.0 Å². The van der Waals surface area contributed by atoms with Crippen molar-refractivity contribution in [3.05, 3.63) is 29.6 Å². The molecule has 2 unspecified atom stereocenters. The van der Waals surface area contributed by atoms with E-state index in [0.717, 1.165) is 12.2 Å². The zero-order valence-electron chi connectivity index (χ0n) is 13.2. The molecule has 1 aromatic rings. The molecule has 1 N–H and O–H groups in total. The Bertz CT molecular complexity index is 405. The molecule has 2 atom stereocenters. The molecule has 1 fully saturated rings. The van der Waals surface area contributed by atoms with Crippen molar-refractivity contribution in [3.63, 3.8) is 0 Å². The molecule has 1 heterocycles. The molecule has 0 aliphatic heterocycles. The standard InChI is InChI=1S/C17H29N3/c1-14-9-8-10-15(19-14)13-20(3)17-12-7-5-4-6-11-16(17)18-2/h8-10,16-18H,4-7,11-13H2,1-3H3. The SMILES string of the molecule is CNC1CCCCCCC1N(C)Cc1cccc(C)n1. The Morgan fingerprint density at radius 1 is 1.20 bits per heavy atom. The van der Waals surface area contributed by atoms with Crippen LogP contribution < -0.4 is 5.32 Å². The molecule has 0 amide bonds. The molecule has 0 spiro atoms. The number of pyridine rings is 1. The highest BCUT2D eigenvalue weighted by atomic mass is 15.2. The van der Waals surface area contributed by atoms with Gasteiger partial charge in [0, 0.05) is 24.3 Å². The van der Waals surface area contributed by atoms with E-state index in [9.17, 15) is 0 Å². The Morgan fingerprint density at radius 3 is 2.65 bits per heavy atom. The van der Waals surface area contributed by atoms with E-state index in [4.69, 9.17) is 0 Å². The maximum absolute atomic E-state index is 4.64. The van der Waals surface area contributed by atoms with Crippen LogP contribution in [-0.4, -0.2) is 36.1 Å². The Balaban J connectivity index is 2.02. The second kappa shape index (κ2) is 7.75. The molecule has 112 valence electrons. The zero-order valence-corrected chi connectivity index (χ0v) is 13.2. The van der Waals surface area contributed by atoms with E-state index in [1.165, 1.54) is 44.2 Å². The number of hydrogen-bond acceptors (Lipinski definition) is 3. The van der Waals surface area contributed by atoms with Crippen LogP contribution >= 0.6 is 0 Å². The molecule has 1 aromatic heterocycles. The molecular formula is C17H29N3. The predicted octanol–water partition coefficient (Wildman–Crippen LogP) is 3.13. The minimum absolute atomic E-state index is 0.616. The van der Waals surface area contributed by atoms with Gasteiger partial charge in [0.05, 0.1) is 5.69 Å². The fraction of sp³-hybridized carbons (Fsp3) is 0.706. The van der Waals surface area contributed by atoms with Gasteiger partial charge in [0.15, 0.2) is 0 Å². The smallest absolute Gasteiger partial charge is 0.0547 e. The van der Waals surface area contributed by atoms with Gasteiger partial charge in [-0.15, -0.1) is 0 Å². The van der Waals surface area contributed by atoms with E-state index in [-0.39, 0.29) is 0 Å². The molecule has 0 radical (unpaired) electrons. The van der Waals surface area contributed by atoms with Gasteiger partial charge >= 0.3 is 0 Å². The van der Waals surface area contributed by atoms with Crippen molar-refractivity contribution < 1.29 is 0 Å². The first kappa shape index (κ1) is 15.5. The van der Waals surface area contributed by atoms with Crippen LogP contribution in [0.2, 0.25) is 0 Å². The summed E-state index contributed by atoms with van der Waals surface area (Å²) in [6.07, 6.45) is 8.10. The Labute approximate surface area is 123 Å². The average Bonchev–Trinajstić information content (AvgIpc) is 2.38. The van der Waals surface area contributed by atoms with Crippen molar-refractivity contribution in [2.45, 2.75) is 64.1 Å². The molecule has 20 heavy (non-hydrogen) atoms. The van der Waals surface area contributed by atoms with E-state index in [2.05, 4.69) is 54.4 Å². The summed E-state index contributed by atoms with van der Waals surface area (Å²) in [4.78, 5) is 7.13. The number of aromatic nitrogens is 1. The maximum Gasteiger partial charge on any atom is 0.0547 e. The first-order chi connectivity index (χ1) is 9.70. The highest BCUT2D eigenvalue weighted by Crippen LogP contribution is 2.22. The van der Waals surface area contributed by atoms with E-state index >= 15 is 0 Å². The lowest BCUT2D eigenvalue weighted by atomic mass is 9.91. The molecule has 0 saturated heterocycles. The molecule has 0 bridgehead atoms. The lowest BCUT2D eigenvalue weighted by Gasteiger charge is -2.36. The fourth-order valence-corrected chi connectivity index (χ4v) is 3.39. The minimum atomic E-state index is 0.616. The lowest BCUT2D eigenvalue weighted by molar-refractivity contribution is 0.159. The van der Waals surface area contributed by atoms with E-state index in [0.29, 0.717) is 12.1 Å². The Kier molecular flexibility index (Phi) is 5.99. The lowest BCUT2D eigenvalue weighted by Crippen LogP contribution is -2.47. The van der Waals surface area contributed by atoms with Crippen molar-refractivity contribution in [3.8, 4) is 0 Å². The van der Waals surface area contributed by atoms with Crippen LogP contribution in [0.5, 0.6) is 0 Å². The summed E-state index contributed by atoms with van der Waals surface area (Å²) in [7, 11) is 4.36. The maximum atomic E-state index is 4.64. The Morgan fingerprint density at radius 2 is 1.95 bits per heavy atom. The summed E-state index contributed by atoms with van der Waals surface area (Å²) >= 11 is 0. The van der Waals surface area contributed by atoms with Crippen LogP contribution in [0.15, 0.2) is 18.2 Å². The second-order valence-corrected chi connectivity index (χ2v) is 6.14. The molecule has 1 aliphatic carbocycles. The number of nitrogens with one attached hydrogen (secondary N) is 1. The summed E-state index contributed by atoms with van der Waals surface area (Å²) in [6, 6.07) is 7.56. The number of likely N-dealkylation sites (N-methyl/N-ethyl adjacent to an activating group) is 2. The summed E-state index contributed by atoms with van der Waals surface area (Å²) in [5.41, 5.74) is 2.29. The van der Waals surface area contributed by atoms with Crippen molar-refractivity contribution in [1.82, 2.24) is 15.2 Å². The van der Waals surface area contributed by atoms with E-state index in [1.54, 1.807) is 0 Å². The van der Waals surface area contributed by atoms with Gasteiger partial charge in [-0.3, -0.25) is 9.88 Å². The van der Waals surface area contributed by atoms with Crippen LogP contribution in [-0.2, 0) is 6.54 Å². The molecule has 2 rings (SSSR count). The third-order valence-electron chi connectivity index (χ3n) is 4.52. The topological polar surface area (TPSA) is 28.2 Å². The molecule has 3 nitrogen and oxygen atoms in total. The predicted molar refractivity (Wildman–Crippen MR) is 84.8 cm³/mol. The number of rotatable bonds is 4. The van der Waals surface area contributed by atoms with Crippen molar-refractivity contribution >= 4 is 0 Å². The second-order valence-electron chi connectivity index (χ2n) is 6.14. The number of hydrogen-bond donors (Lipinski definition) is 1. The third-order valence-corrected chi connectivity index (χ3v) is 4.52. The summed E-state index contributed by atoms with van der Waals surface area (Å²) in [5.74, 6) is 0. The number of nitrogens with zero attached hydrogens (tertiary/aromatic N) is 2. The minimum Gasteiger partial charge on any atom is -0.315 e. The summed E-state index contributed by atoms with van der Waals surface area (Å²) in [6.45, 7) is 3.01. The van der Waals surface area contributed by atoms with Crippen molar-refractivity contribution in [2.75, 3.05) is 14.1 Å². The van der Waals surface area contributed by atoms with E-state index in [1.807, 2.05) is 0 Å². The number of aryl methyl sites for hydroxylation is 1. The van der Waals surface area contributed by atoms with E-state index < -0.39 is 0 Å². The van der Waals surface area contributed by atoms with Gasteiger partial charge in [0.1, 0.15) is 0 Å². The van der Waals surface area contributed by atoms with Gasteiger partial charge in [0.2, 0.25) is 0 Å². The molecule has 1 saturated carbocycles. The van der Waals surface area contributed by atoms with Gasteiger partial charge in [-0.25, -0.2) is 0 Å². The first-order valence-electron chi connectivity index (χ1n) is 8.00. The molecular weight excluding hydrogens is 246 g/mol. The van der Waals surface area contributed by atoms with Gasteiger partial charge in [0.25, 0.3) is 0 Å². The molecule has 1 aliphatic rings. The first-order valence-corrected chi connectivity index (χ1v) is 8.00. The van der Waals surface area contributed by atoms with Gasteiger partial charge in [-0.1, -0.05) is 31.7 Å². The fourth-order valence-electron chi connectivity index (χ4n) is 3.39. The average molecular weight is 275 g/mol. The van der Waals surface area contributed by atoms with Crippen LogP contribution in [0.1, 0.15) is 49.9 Å². The van der Waals surface area contributed by atoms with Crippen LogP contribution in [0.3, 0.4) is 0 Å². The molecule has 0 aromatic carbocycles. The summed E-state index contributed by atoms with van der Waals surface area (Å²) < 4.78 is 0. The normalized spacial score (nSPS) is 24.4.